The number of rotatable bonds is 8. The molecule has 0 aromatic carbocycles. The van der Waals surface area contributed by atoms with Crippen LogP contribution in [0, 0.1) is 0 Å². The Morgan fingerprint density at radius 1 is 0.541 bits per heavy atom. The lowest BCUT2D eigenvalue weighted by molar-refractivity contribution is -0.317. The molecule has 0 aromatic heterocycles. The molecule has 4 atom stereocenters. The number of hydrogen-bond donors (Lipinski definition) is 6. The number of nitrogens with one attached hydrogen (secondary N) is 6. The SMILES string of the molecule is CNC(=O)OC[C@]1(OC(=O)NC)O[C@@](COC(=O)NC)(OC(=O)NC)[C@@H](OC(=O)NC)[C@@H]1OC(=O)NC. The maximum Gasteiger partial charge on any atom is 0.409 e. The van der Waals surface area contributed by atoms with E-state index in [1.165, 1.54) is 42.3 Å². The lowest BCUT2D eigenvalue weighted by atomic mass is 10.0. The van der Waals surface area contributed by atoms with Crippen molar-refractivity contribution in [2.75, 3.05) is 55.5 Å². The molecule has 37 heavy (non-hydrogen) atoms. The van der Waals surface area contributed by atoms with Crippen molar-refractivity contribution in [1.29, 1.82) is 0 Å². The summed E-state index contributed by atoms with van der Waals surface area (Å²) in [6.45, 7) is -2.01. The van der Waals surface area contributed by atoms with Crippen LogP contribution in [-0.2, 0) is 33.2 Å². The second-order valence-electron chi connectivity index (χ2n) is 6.81. The summed E-state index contributed by atoms with van der Waals surface area (Å²) in [6.07, 6.45) is -10.8. The Balaban J connectivity index is 3.85. The molecule has 0 bridgehead atoms. The van der Waals surface area contributed by atoms with E-state index in [9.17, 15) is 28.8 Å². The number of carbonyl (C=O) groups excluding carboxylic acids is 6. The van der Waals surface area contributed by atoms with Crippen molar-refractivity contribution in [2.45, 2.75) is 23.8 Å². The maximum atomic E-state index is 12.3. The van der Waals surface area contributed by atoms with Gasteiger partial charge in [0.2, 0.25) is 12.2 Å². The molecule has 0 saturated carbocycles. The largest absolute Gasteiger partial charge is 0.442 e. The van der Waals surface area contributed by atoms with Crippen LogP contribution in [0.2, 0.25) is 0 Å². The van der Waals surface area contributed by atoms with Gasteiger partial charge in [-0.05, 0) is 0 Å². The smallest absolute Gasteiger partial charge is 0.409 e. The molecule has 19 nitrogen and oxygen atoms in total. The molecular weight excluding hydrogens is 508 g/mol. The zero-order chi connectivity index (χ0) is 28.2. The van der Waals surface area contributed by atoms with Gasteiger partial charge >= 0.3 is 36.6 Å². The molecular formula is C18H30N6O13. The van der Waals surface area contributed by atoms with E-state index < -0.39 is 73.6 Å². The molecule has 6 amide bonds. The molecule has 0 aromatic rings. The monoisotopic (exact) mass is 538 g/mol. The van der Waals surface area contributed by atoms with Gasteiger partial charge in [0.25, 0.3) is 11.6 Å². The van der Waals surface area contributed by atoms with E-state index in [0.29, 0.717) is 0 Å². The standard InChI is InChI=1S/C18H30N6O13/c1-19-11(25)31-7-17(35-15(29)23-5)9(33-13(27)21-3)10(34-14(28)22-4)18(37-17,36-16(30)24-6)8-32-12(26)20-2/h9-10H,7-8H2,1-6H3,(H,19,25)(H,20,26)(H,21,27)(H,22,28)(H,23,29)(H,24,30)/t9-,10-,17-,18+/m0/s1. The average Bonchev–Trinajstić information content (AvgIpc) is 3.13. The van der Waals surface area contributed by atoms with Gasteiger partial charge in [0, 0.05) is 42.3 Å². The Bertz CT molecular complexity index is 805. The van der Waals surface area contributed by atoms with E-state index in [1.54, 1.807) is 0 Å². The minimum Gasteiger partial charge on any atom is -0.442 e. The molecule has 6 N–H and O–H groups in total. The van der Waals surface area contributed by atoms with E-state index in [2.05, 4.69) is 31.9 Å². The minimum atomic E-state index is -2.64. The first kappa shape index (κ1) is 30.6. The summed E-state index contributed by atoms with van der Waals surface area (Å²) in [4.78, 5) is 72.9. The van der Waals surface area contributed by atoms with Gasteiger partial charge in [-0.1, -0.05) is 0 Å². The zero-order valence-corrected chi connectivity index (χ0v) is 20.9. The molecule has 1 heterocycles. The van der Waals surface area contributed by atoms with Crippen molar-refractivity contribution >= 4 is 36.6 Å². The molecule has 1 aliphatic rings. The number of ether oxygens (including phenoxy) is 7. The molecule has 1 fully saturated rings. The predicted octanol–water partition coefficient (Wildman–Crippen LogP) is -1.72. The normalized spacial score (nSPS) is 23.8. The Morgan fingerprint density at radius 2 is 0.838 bits per heavy atom. The number of carbonyl (C=O) groups is 6. The highest BCUT2D eigenvalue weighted by Crippen LogP contribution is 2.45. The van der Waals surface area contributed by atoms with E-state index in [-0.39, 0.29) is 0 Å². The Labute approximate surface area is 210 Å². The van der Waals surface area contributed by atoms with Crippen molar-refractivity contribution in [3.8, 4) is 0 Å². The quantitative estimate of drug-likeness (QED) is 0.189. The molecule has 1 aliphatic heterocycles. The Hall–Kier alpha value is -4.42. The van der Waals surface area contributed by atoms with Gasteiger partial charge in [-0.15, -0.1) is 0 Å². The number of alkyl carbamates (subject to hydrolysis) is 6. The van der Waals surface area contributed by atoms with Gasteiger partial charge in [0.05, 0.1) is 0 Å². The lowest BCUT2D eigenvalue weighted by Gasteiger charge is -2.33. The number of amides is 6. The summed E-state index contributed by atoms with van der Waals surface area (Å²) in [6, 6.07) is 0. The molecule has 0 radical (unpaired) electrons. The third-order valence-corrected chi connectivity index (χ3v) is 4.52. The van der Waals surface area contributed by atoms with Crippen molar-refractivity contribution in [3.63, 3.8) is 0 Å². The molecule has 210 valence electrons. The first-order valence-electron chi connectivity index (χ1n) is 10.4. The second-order valence-corrected chi connectivity index (χ2v) is 6.81. The summed E-state index contributed by atoms with van der Waals surface area (Å²) < 4.78 is 36.9. The summed E-state index contributed by atoms with van der Waals surface area (Å²) in [7, 11) is 7.13. The zero-order valence-electron chi connectivity index (χ0n) is 20.9. The van der Waals surface area contributed by atoms with E-state index in [1.807, 2.05) is 0 Å². The van der Waals surface area contributed by atoms with Gasteiger partial charge in [-0.2, -0.15) is 0 Å². The average molecular weight is 538 g/mol. The van der Waals surface area contributed by atoms with E-state index in [0.717, 1.165) is 0 Å². The van der Waals surface area contributed by atoms with Gasteiger partial charge < -0.3 is 60.3 Å². The predicted molar refractivity (Wildman–Crippen MR) is 117 cm³/mol. The highest BCUT2D eigenvalue weighted by molar-refractivity contribution is 5.71. The van der Waals surface area contributed by atoms with Crippen LogP contribution in [0.5, 0.6) is 0 Å². The van der Waals surface area contributed by atoms with Crippen LogP contribution < -0.4 is 31.9 Å². The minimum absolute atomic E-state index is 1.01. The fourth-order valence-corrected chi connectivity index (χ4v) is 2.85. The third-order valence-electron chi connectivity index (χ3n) is 4.52. The van der Waals surface area contributed by atoms with Crippen LogP contribution in [-0.4, -0.2) is 116 Å². The molecule has 1 saturated heterocycles. The summed E-state index contributed by atoms with van der Waals surface area (Å²) >= 11 is 0. The van der Waals surface area contributed by atoms with Crippen LogP contribution >= 0.6 is 0 Å². The molecule has 19 heteroatoms. The molecule has 0 aliphatic carbocycles. The first-order valence-corrected chi connectivity index (χ1v) is 10.4. The van der Waals surface area contributed by atoms with Crippen molar-refractivity contribution in [2.24, 2.45) is 0 Å². The third kappa shape index (κ3) is 7.78. The lowest BCUT2D eigenvalue weighted by Crippen LogP contribution is -2.56. The van der Waals surface area contributed by atoms with Crippen molar-refractivity contribution < 1.29 is 61.9 Å². The van der Waals surface area contributed by atoms with E-state index in [4.69, 9.17) is 33.2 Å². The Morgan fingerprint density at radius 3 is 1.11 bits per heavy atom. The highest BCUT2D eigenvalue weighted by Gasteiger charge is 2.73. The van der Waals surface area contributed by atoms with Crippen LogP contribution in [0.15, 0.2) is 0 Å². The summed E-state index contributed by atoms with van der Waals surface area (Å²) in [5, 5.41) is 12.8. The topological polar surface area (TPSA) is 239 Å². The van der Waals surface area contributed by atoms with Crippen molar-refractivity contribution in [3.05, 3.63) is 0 Å². The van der Waals surface area contributed by atoms with Crippen LogP contribution in [0.1, 0.15) is 0 Å². The summed E-state index contributed by atoms with van der Waals surface area (Å²) in [5.74, 6) is -5.28. The highest BCUT2D eigenvalue weighted by atomic mass is 16.9. The first-order chi connectivity index (χ1) is 17.5. The molecule has 1 rings (SSSR count). The Kier molecular flexibility index (Phi) is 11.3. The van der Waals surface area contributed by atoms with Gasteiger partial charge in [-0.3, -0.25) is 4.74 Å². The fourth-order valence-electron chi connectivity index (χ4n) is 2.85. The maximum absolute atomic E-state index is 12.3. The molecule has 0 spiro atoms. The van der Waals surface area contributed by atoms with Gasteiger partial charge in [0.15, 0.2) is 13.2 Å². The van der Waals surface area contributed by atoms with Gasteiger partial charge in [0.1, 0.15) is 0 Å². The number of hydrogen-bond acceptors (Lipinski definition) is 13. The van der Waals surface area contributed by atoms with Crippen LogP contribution in [0.25, 0.3) is 0 Å². The van der Waals surface area contributed by atoms with Crippen LogP contribution in [0.3, 0.4) is 0 Å². The van der Waals surface area contributed by atoms with Gasteiger partial charge in [-0.25, -0.2) is 28.8 Å². The fraction of sp³-hybridized carbons (Fsp3) is 0.667. The second kappa shape index (κ2) is 13.6. The van der Waals surface area contributed by atoms with Crippen molar-refractivity contribution in [1.82, 2.24) is 31.9 Å². The summed E-state index contributed by atoms with van der Waals surface area (Å²) in [5.41, 5.74) is 0. The van der Waals surface area contributed by atoms with E-state index >= 15 is 0 Å². The molecule has 0 unspecified atom stereocenters. The van der Waals surface area contributed by atoms with Crippen LogP contribution in [0.4, 0.5) is 28.8 Å².